The van der Waals surface area contributed by atoms with E-state index in [9.17, 15) is 14.3 Å². The van der Waals surface area contributed by atoms with E-state index in [1.54, 1.807) is 12.3 Å². The third kappa shape index (κ3) is 4.36. The predicted molar refractivity (Wildman–Crippen MR) is 112 cm³/mol. The van der Waals surface area contributed by atoms with Gasteiger partial charge < -0.3 is 20.7 Å². The summed E-state index contributed by atoms with van der Waals surface area (Å²) in [6, 6.07) is 1.56. The monoisotopic (exact) mass is 432 g/mol. The number of carbonyl (C=O) groups is 1. The van der Waals surface area contributed by atoms with Gasteiger partial charge in [0.15, 0.2) is 17.5 Å². The number of halogens is 2. The molecule has 0 spiro atoms. The van der Waals surface area contributed by atoms with Crippen LogP contribution in [0, 0.1) is 5.82 Å². The zero-order valence-corrected chi connectivity index (χ0v) is 17.1. The molecule has 1 fully saturated rings. The number of rotatable bonds is 5. The average Bonchev–Trinajstić information content (AvgIpc) is 3.11. The van der Waals surface area contributed by atoms with Crippen molar-refractivity contribution in [2.24, 2.45) is 0 Å². The molecule has 0 aliphatic heterocycles. The van der Waals surface area contributed by atoms with Gasteiger partial charge in [-0.2, -0.15) is 0 Å². The first-order valence-electron chi connectivity index (χ1n) is 9.72. The van der Waals surface area contributed by atoms with E-state index in [1.807, 2.05) is 0 Å². The number of nitrogens with zero attached hydrogens (tertiary/aromatic N) is 3. The van der Waals surface area contributed by atoms with Crippen LogP contribution in [0.3, 0.4) is 0 Å². The van der Waals surface area contributed by atoms with Crippen LogP contribution in [0.5, 0.6) is 0 Å². The van der Waals surface area contributed by atoms with Crippen molar-refractivity contribution in [1.82, 2.24) is 25.3 Å². The lowest BCUT2D eigenvalue weighted by Crippen LogP contribution is -2.48. The maximum absolute atomic E-state index is 14.4. The maximum Gasteiger partial charge on any atom is 0.216 e. The van der Waals surface area contributed by atoms with Gasteiger partial charge in [-0.1, -0.05) is 11.6 Å². The second-order valence-corrected chi connectivity index (χ2v) is 8.15. The van der Waals surface area contributed by atoms with Crippen molar-refractivity contribution in [2.75, 3.05) is 11.9 Å². The molecule has 4 N–H and O–H groups in total. The summed E-state index contributed by atoms with van der Waals surface area (Å²) in [6.45, 7) is 1.58. The van der Waals surface area contributed by atoms with Crippen molar-refractivity contribution >= 4 is 34.4 Å². The number of hydrogen-bond acceptors (Lipinski definition) is 6. The van der Waals surface area contributed by atoms with Crippen LogP contribution in [0.25, 0.3) is 22.4 Å². The first kappa shape index (κ1) is 20.5. The Morgan fingerprint density at radius 2 is 2.27 bits per heavy atom. The van der Waals surface area contributed by atoms with Crippen molar-refractivity contribution in [3.8, 4) is 11.4 Å². The van der Waals surface area contributed by atoms with E-state index in [0.29, 0.717) is 34.9 Å². The molecule has 2 atom stereocenters. The number of aromatic nitrogens is 4. The Bertz CT molecular complexity index is 1090. The number of H-pyrrole nitrogens is 1. The number of aliphatic hydroxyl groups is 1. The normalized spacial score (nSPS) is 21.5. The number of anilines is 1. The van der Waals surface area contributed by atoms with Crippen molar-refractivity contribution < 1.29 is 14.3 Å². The number of aromatic amines is 1. The zero-order valence-electron chi connectivity index (χ0n) is 16.4. The Hall–Kier alpha value is -2.78. The molecule has 3 aromatic heterocycles. The summed E-state index contributed by atoms with van der Waals surface area (Å²) in [4.78, 5) is 26.9. The Labute approximate surface area is 177 Å². The van der Waals surface area contributed by atoms with Crippen LogP contribution in [0.15, 0.2) is 24.7 Å². The van der Waals surface area contributed by atoms with Crippen LogP contribution >= 0.6 is 11.6 Å². The summed E-state index contributed by atoms with van der Waals surface area (Å²) in [5.74, 6) is -0.374. The molecule has 1 aliphatic rings. The minimum atomic E-state index is -1.03. The summed E-state index contributed by atoms with van der Waals surface area (Å²) < 4.78 is 14.4. The molecule has 30 heavy (non-hydrogen) atoms. The lowest BCUT2D eigenvalue weighted by molar-refractivity contribution is -0.120. The second-order valence-electron chi connectivity index (χ2n) is 7.71. The molecule has 0 bridgehead atoms. The zero-order chi connectivity index (χ0) is 21.3. The van der Waals surface area contributed by atoms with Gasteiger partial charge in [-0.15, -0.1) is 0 Å². The van der Waals surface area contributed by atoms with Gasteiger partial charge >= 0.3 is 0 Å². The third-order valence-electron chi connectivity index (χ3n) is 5.31. The molecule has 3 heterocycles. The summed E-state index contributed by atoms with van der Waals surface area (Å²) in [7, 11) is 0. The van der Waals surface area contributed by atoms with Crippen LogP contribution in [0.1, 0.15) is 32.6 Å². The predicted octanol–water partition coefficient (Wildman–Crippen LogP) is 3.03. The minimum absolute atomic E-state index is 0.0677. The van der Waals surface area contributed by atoms with Gasteiger partial charge in [0.2, 0.25) is 5.91 Å². The van der Waals surface area contributed by atoms with Crippen molar-refractivity contribution in [3.63, 3.8) is 0 Å². The van der Waals surface area contributed by atoms with Gasteiger partial charge in [-0.05, 0) is 31.7 Å². The summed E-state index contributed by atoms with van der Waals surface area (Å²) in [5, 5.41) is 17.8. The Balaban J connectivity index is 1.56. The van der Waals surface area contributed by atoms with Crippen LogP contribution < -0.4 is 10.6 Å². The topological polar surface area (TPSA) is 116 Å². The SMILES string of the molecule is CC(=O)NC[C@]1(O)CCC[C@H](Nc2nc(-c3c[nH]c4ncc(Cl)cc34)ncc2F)C1. The van der Waals surface area contributed by atoms with Crippen molar-refractivity contribution in [2.45, 2.75) is 44.2 Å². The fraction of sp³-hybridized carbons (Fsp3) is 0.400. The smallest absolute Gasteiger partial charge is 0.216 e. The Kier molecular flexibility index (Phi) is 5.57. The van der Waals surface area contributed by atoms with E-state index in [2.05, 4.69) is 30.6 Å². The third-order valence-corrected chi connectivity index (χ3v) is 5.52. The average molecular weight is 433 g/mol. The molecule has 4 rings (SSSR count). The van der Waals surface area contributed by atoms with Gasteiger partial charge in [-0.25, -0.2) is 19.3 Å². The molecule has 1 aliphatic carbocycles. The van der Waals surface area contributed by atoms with E-state index in [4.69, 9.17) is 11.6 Å². The van der Waals surface area contributed by atoms with E-state index in [0.717, 1.165) is 24.4 Å². The molecule has 10 heteroatoms. The molecule has 0 saturated heterocycles. The first-order chi connectivity index (χ1) is 14.3. The number of amides is 1. The molecule has 158 valence electrons. The van der Waals surface area contributed by atoms with Crippen LogP contribution in [0.4, 0.5) is 10.2 Å². The number of carbonyl (C=O) groups excluding carboxylic acids is 1. The fourth-order valence-corrected chi connectivity index (χ4v) is 4.03. The lowest BCUT2D eigenvalue weighted by Gasteiger charge is -2.37. The lowest BCUT2D eigenvalue weighted by atomic mass is 9.81. The van der Waals surface area contributed by atoms with Crippen molar-refractivity contribution in [1.29, 1.82) is 0 Å². The summed E-state index contributed by atoms with van der Waals surface area (Å²) >= 11 is 6.05. The quantitative estimate of drug-likeness (QED) is 0.492. The van der Waals surface area contributed by atoms with Crippen LogP contribution in [0.2, 0.25) is 5.02 Å². The second kappa shape index (κ2) is 8.16. The van der Waals surface area contributed by atoms with Gasteiger partial charge in [0.1, 0.15) is 5.65 Å². The molecule has 0 unspecified atom stereocenters. The molecule has 3 aromatic rings. The summed E-state index contributed by atoms with van der Waals surface area (Å²) in [5.41, 5.74) is 0.258. The van der Waals surface area contributed by atoms with E-state index in [-0.39, 0.29) is 24.3 Å². The fourth-order valence-electron chi connectivity index (χ4n) is 3.87. The van der Waals surface area contributed by atoms with E-state index < -0.39 is 11.4 Å². The number of pyridine rings is 1. The maximum atomic E-state index is 14.4. The molecule has 8 nitrogen and oxygen atoms in total. The number of nitrogens with one attached hydrogen (secondary N) is 3. The largest absolute Gasteiger partial charge is 0.388 e. The highest BCUT2D eigenvalue weighted by atomic mass is 35.5. The van der Waals surface area contributed by atoms with Gasteiger partial charge in [0.25, 0.3) is 0 Å². The molecular formula is C20H22ClFN6O2. The van der Waals surface area contributed by atoms with Gasteiger partial charge in [0.05, 0.1) is 16.8 Å². The minimum Gasteiger partial charge on any atom is -0.388 e. The standard InChI is InChI=1S/C20H22ClFN6O2/c1-11(29)26-10-20(30)4-2-3-13(6-20)27-19-16(22)9-25-18(28-19)15-8-24-17-14(15)5-12(21)7-23-17/h5,7-9,13,30H,2-4,6,10H2,1H3,(H,23,24)(H,26,29)(H,25,27,28)/t13-,20-/m0/s1. The first-order valence-corrected chi connectivity index (χ1v) is 10.1. The van der Waals surface area contributed by atoms with E-state index in [1.165, 1.54) is 13.1 Å². The Morgan fingerprint density at radius 1 is 1.43 bits per heavy atom. The van der Waals surface area contributed by atoms with Gasteiger partial charge in [0, 0.05) is 42.9 Å². The molecule has 1 amide bonds. The molecular weight excluding hydrogens is 411 g/mol. The highest BCUT2D eigenvalue weighted by molar-refractivity contribution is 6.31. The van der Waals surface area contributed by atoms with Crippen LogP contribution in [-0.2, 0) is 4.79 Å². The Morgan fingerprint density at radius 3 is 3.07 bits per heavy atom. The van der Waals surface area contributed by atoms with Crippen LogP contribution in [-0.4, -0.2) is 49.1 Å². The van der Waals surface area contributed by atoms with E-state index >= 15 is 0 Å². The highest BCUT2D eigenvalue weighted by Crippen LogP contribution is 2.31. The van der Waals surface area contributed by atoms with Gasteiger partial charge in [-0.3, -0.25) is 4.79 Å². The molecule has 0 aromatic carbocycles. The number of fused-ring (bicyclic) bond motifs is 1. The molecule has 1 saturated carbocycles. The van der Waals surface area contributed by atoms with Crippen molar-refractivity contribution in [3.05, 3.63) is 35.5 Å². The number of hydrogen-bond donors (Lipinski definition) is 4. The highest BCUT2D eigenvalue weighted by Gasteiger charge is 2.35. The molecule has 0 radical (unpaired) electrons. The summed E-state index contributed by atoms with van der Waals surface area (Å²) in [6.07, 6.45) is 6.82.